The molecule has 0 spiro atoms. The number of nitrogens with one attached hydrogen (secondary N) is 2. The van der Waals surface area contributed by atoms with E-state index in [1.807, 2.05) is 0 Å². The molecule has 0 aliphatic heterocycles. The Bertz CT molecular complexity index is 626. The smallest absolute Gasteiger partial charge is 0.326 e. The number of amides is 2. The highest BCUT2D eigenvalue weighted by Crippen LogP contribution is 2.29. The number of anilines is 2. The lowest BCUT2D eigenvalue weighted by Crippen LogP contribution is -2.19. The lowest BCUT2D eigenvalue weighted by atomic mass is 10.2. The molecule has 0 fully saturated rings. The second kappa shape index (κ2) is 5.69. The van der Waals surface area contributed by atoms with Gasteiger partial charge in [-0.25, -0.2) is 4.79 Å². The van der Waals surface area contributed by atoms with Crippen molar-refractivity contribution in [1.82, 2.24) is 5.16 Å². The van der Waals surface area contributed by atoms with Crippen LogP contribution in [-0.2, 0) is 0 Å². The van der Waals surface area contributed by atoms with Crippen LogP contribution < -0.4 is 15.4 Å². The Labute approximate surface area is 112 Å². The summed E-state index contributed by atoms with van der Waals surface area (Å²) in [6.07, 6.45) is 1.38. The van der Waals surface area contributed by atoms with Crippen molar-refractivity contribution in [3.8, 4) is 5.75 Å². The van der Waals surface area contributed by atoms with Crippen LogP contribution in [0.15, 0.2) is 35.0 Å². The van der Waals surface area contributed by atoms with E-state index in [1.165, 1.54) is 37.6 Å². The van der Waals surface area contributed by atoms with Gasteiger partial charge in [-0.1, -0.05) is 5.16 Å². The van der Waals surface area contributed by atoms with Gasteiger partial charge in [0.15, 0.2) is 0 Å². The molecule has 1 aromatic heterocycles. The Morgan fingerprint density at radius 1 is 1.40 bits per heavy atom. The molecule has 0 aliphatic carbocycles. The third-order valence-corrected chi connectivity index (χ3v) is 2.32. The number of carbonyl (C=O) groups is 1. The van der Waals surface area contributed by atoms with Gasteiger partial charge in [0.25, 0.3) is 5.69 Å². The normalized spacial score (nSPS) is 9.85. The number of hydrogen-bond acceptors (Lipinski definition) is 6. The number of hydrogen-bond donors (Lipinski definition) is 2. The maximum absolute atomic E-state index is 11.7. The summed E-state index contributed by atoms with van der Waals surface area (Å²) >= 11 is 0. The first-order chi connectivity index (χ1) is 9.60. The first kappa shape index (κ1) is 13.3. The first-order valence-electron chi connectivity index (χ1n) is 5.41. The van der Waals surface area contributed by atoms with Crippen molar-refractivity contribution in [3.63, 3.8) is 0 Å². The maximum Gasteiger partial charge on any atom is 0.326 e. The Balaban J connectivity index is 2.12. The summed E-state index contributed by atoms with van der Waals surface area (Å²) in [6, 6.07) is 4.72. The standard InChI is InChI=1S/C11H10N4O5/c1-19-9-6-7(15(17)18)2-3-8(9)13-11(16)14-10-4-5-12-20-10/h2-6H,1H3,(H2,13,14,16). The molecule has 104 valence electrons. The van der Waals surface area contributed by atoms with Crippen molar-refractivity contribution in [2.45, 2.75) is 0 Å². The Morgan fingerprint density at radius 2 is 2.20 bits per heavy atom. The Kier molecular flexibility index (Phi) is 3.80. The molecule has 9 heteroatoms. The third kappa shape index (κ3) is 3.02. The van der Waals surface area contributed by atoms with Gasteiger partial charge in [0.05, 0.1) is 30.0 Å². The van der Waals surface area contributed by atoms with Crippen molar-refractivity contribution in [1.29, 1.82) is 0 Å². The predicted octanol–water partition coefficient (Wildman–Crippen LogP) is 2.24. The zero-order valence-corrected chi connectivity index (χ0v) is 10.3. The Morgan fingerprint density at radius 3 is 2.80 bits per heavy atom. The number of ether oxygens (including phenoxy) is 1. The van der Waals surface area contributed by atoms with Gasteiger partial charge in [-0.2, -0.15) is 0 Å². The highest BCUT2D eigenvalue weighted by atomic mass is 16.6. The van der Waals surface area contributed by atoms with Crippen molar-refractivity contribution in [2.24, 2.45) is 0 Å². The van der Waals surface area contributed by atoms with Crippen LogP contribution in [0.1, 0.15) is 0 Å². The van der Waals surface area contributed by atoms with E-state index in [-0.39, 0.29) is 23.0 Å². The van der Waals surface area contributed by atoms with Crippen molar-refractivity contribution < 1.29 is 19.0 Å². The Hall–Kier alpha value is -3.10. The van der Waals surface area contributed by atoms with Crippen LogP contribution in [0.3, 0.4) is 0 Å². The molecule has 0 unspecified atom stereocenters. The number of nitro groups is 1. The van der Waals surface area contributed by atoms with E-state index in [2.05, 4.69) is 15.8 Å². The summed E-state index contributed by atoms with van der Waals surface area (Å²) < 4.78 is 9.70. The average Bonchev–Trinajstić information content (AvgIpc) is 2.91. The molecule has 20 heavy (non-hydrogen) atoms. The molecule has 0 saturated carbocycles. The second-order valence-corrected chi connectivity index (χ2v) is 3.60. The van der Waals surface area contributed by atoms with Crippen LogP contribution in [-0.4, -0.2) is 23.2 Å². The molecule has 0 aliphatic rings. The van der Waals surface area contributed by atoms with E-state index in [4.69, 9.17) is 9.26 Å². The van der Waals surface area contributed by atoms with E-state index >= 15 is 0 Å². The van der Waals surface area contributed by atoms with Gasteiger partial charge in [0.2, 0.25) is 5.88 Å². The lowest BCUT2D eigenvalue weighted by molar-refractivity contribution is -0.384. The number of non-ortho nitro benzene ring substituents is 1. The number of methoxy groups -OCH3 is 1. The fourth-order valence-electron chi connectivity index (χ4n) is 1.44. The number of nitro benzene ring substituents is 1. The van der Waals surface area contributed by atoms with Gasteiger partial charge in [0.1, 0.15) is 5.75 Å². The molecule has 9 nitrogen and oxygen atoms in total. The molecule has 2 aromatic rings. The van der Waals surface area contributed by atoms with Gasteiger partial charge < -0.3 is 14.6 Å². The van der Waals surface area contributed by atoms with Gasteiger partial charge in [-0.3, -0.25) is 15.4 Å². The molecular weight excluding hydrogens is 268 g/mol. The first-order valence-corrected chi connectivity index (χ1v) is 5.41. The SMILES string of the molecule is COc1cc([N+](=O)[O-])ccc1NC(=O)Nc1ccno1. The van der Waals surface area contributed by atoms with E-state index in [1.54, 1.807) is 0 Å². The lowest BCUT2D eigenvalue weighted by Gasteiger charge is -2.09. The summed E-state index contributed by atoms with van der Waals surface area (Å²) in [4.78, 5) is 21.8. The maximum atomic E-state index is 11.7. The quantitative estimate of drug-likeness (QED) is 0.653. The number of rotatable bonds is 4. The monoisotopic (exact) mass is 278 g/mol. The van der Waals surface area contributed by atoms with Crippen LogP contribution in [0.25, 0.3) is 0 Å². The zero-order valence-electron chi connectivity index (χ0n) is 10.3. The zero-order chi connectivity index (χ0) is 14.5. The second-order valence-electron chi connectivity index (χ2n) is 3.60. The fraction of sp³-hybridized carbons (Fsp3) is 0.0909. The predicted molar refractivity (Wildman–Crippen MR) is 68.8 cm³/mol. The van der Waals surface area contributed by atoms with E-state index < -0.39 is 11.0 Å². The van der Waals surface area contributed by atoms with E-state index in [0.29, 0.717) is 0 Å². The van der Waals surface area contributed by atoms with Crippen LogP contribution in [0.2, 0.25) is 0 Å². The number of nitrogens with zero attached hydrogens (tertiary/aromatic N) is 2. The van der Waals surface area contributed by atoms with Gasteiger partial charge in [-0.05, 0) is 6.07 Å². The molecule has 0 saturated heterocycles. The van der Waals surface area contributed by atoms with Crippen molar-refractivity contribution in [2.75, 3.05) is 17.7 Å². The average molecular weight is 278 g/mol. The minimum atomic E-state index is -0.589. The summed E-state index contributed by atoms with van der Waals surface area (Å²) in [6.45, 7) is 0. The molecule has 2 N–H and O–H groups in total. The molecule has 0 atom stereocenters. The molecule has 0 radical (unpaired) electrons. The van der Waals surface area contributed by atoms with Crippen LogP contribution >= 0.6 is 0 Å². The minimum Gasteiger partial charge on any atom is -0.494 e. The van der Waals surface area contributed by atoms with E-state index in [9.17, 15) is 14.9 Å². The molecule has 0 bridgehead atoms. The number of aromatic nitrogens is 1. The van der Waals surface area contributed by atoms with E-state index in [0.717, 1.165) is 0 Å². The molecule has 1 heterocycles. The molecule has 2 amide bonds. The van der Waals surface area contributed by atoms with Crippen LogP contribution in [0, 0.1) is 10.1 Å². The molecular formula is C11H10N4O5. The van der Waals surface area contributed by atoms with Gasteiger partial charge >= 0.3 is 6.03 Å². The highest BCUT2D eigenvalue weighted by molar-refractivity contribution is 5.99. The fourth-order valence-corrected chi connectivity index (χ4v) is 1.44. The minimum absolute atomic E-state index is 0.136. The van der Waals surface area contributed by atoms with Crippen molar-refractivity contribution >= 4 is 23.3 Å². The number of benzene rings is 1. The van der Waals surface area contributed by atoms with Gasteiger partial charge in [-0.15, -0.1) is 0 Å². The number of urea groups is 1. The third-order valence-electron chi connectivity index (χ3n) is 2.32. The number of carbonyl (C=O) groups excluding carboxylic acids is 1. The largest absolute Gasteiger partial charge is 0.494 e. The van der Waals surface area contributed by atoms with Crippen LogP contribution in [0.4, 0.5) is 22.1 Å². The highest BCUT2D eigenvalue weighted by Gasteiger charge is 2.13. The summed E-state index contributed by atoms with van der Waals surface area (Å²) in [5.41, 5.74) is 0.151. The molecule has 2 rings (SSSR count). The summed E-state index contributed by atoms with van der Waals surface area (Å²) in [7, 11) is 1.35. The summed E-state index contributed by atoms with van der Waals surface area (Å²) in [5.74, 6) is 0.343. The van der Waals surface area contributed by atoms with Crippen molar-refractivity contribution in [3.05, 3.63) is 40.6 Å². The topological polar surface area (TPSA) is 120 Å². The molecule has 1 aromatic carbocycles. The summed E-state index contributed by atoms with van der Waals surface area (Å²) in [5, 5.41) is 18.9. The van der Waals surface area contributed by atoms with Crippen LogP contribution in [0.5, 0.6) is 5.75 Å². The van der Waals surface area contributed by atoms with Gasteiger partial charge in [0, 0.05) is 12.1 Å².